The molecule has 202 valence electrons. The van der Waals surface area contributed by atoms with E-state index in [0.717, 1.165) is 18.6 Å². The van der Waals surface area contributed by atoms with Gasteiger partial charge in [-0.25, -0.2) is 4.79 Å². The van der Waals surface area contributed by atoms with Gasteiger partial charge in [0.05, 0.1) is 18.6 Å². The predicted molar refractivity (Wildman–Crippen MR) is 136 cm³/mol. The fourth-order valence-corrected chi connectivity index (χ4v) is 5.55. The average molecular weight is 528 g/mol. The van der Waals surface area contributed by atoms with Gasteiger partial charge in [0.15, 0.2) is 5.96 Å². The van der Waals surface area contributed by atoms with Crippen LogP contribution in [0.1, 0.15) is 45.4 Å². The highest BCUT2D eigenvalue weighted by Gasteiger charge is 2.42. The highest BCUT2D eigenvalue weighted by molar-refractivity contribution is 8.00. The fourth-order valence-electron chi connectivity index (χ4n) is 4.01. The molecule has 2 unspecified atom stereocenters. The molecule has 2 saturated heterocycles. The molecule has 2 aliphatic heterocycles. The summed E-state index contributed by atoms with van der Waals surface area (Å²) < 4.78 is 0. The Morgan fingerprint density at radius 1 is 1.08 bits per heavy atom. The third kappa shape index (κ3) is 9.79. The normalized spacial score (nSPS) is 21.8. The topological polar surface area (TPSA) is 236 Å². The number of nitrogens with one attached hydrogen (secondary N) is 5. The van der Waals surface area contributed by atoms with Gasteiger partial charge in [0, 0.05) is 24.0 Å². The first-order valence-electron chi connectivity index (χ1n) is 12.0. The van der Waals surface area contributed by atoms with Crippen LogP contribution in [0, 0.1) is 0 Å². The third-order valence-corrected chi connectivity index (χ3v) is 7.41. The minimum absolute atomic E-state index is 0.0715. The number of rotatable bonds is 15. The molecular formula is C21H37N9O5S. The van der Waals surface area contributed by atoms with E-state index in [9.17, 15) is 24.0 Å². The molecule has 6 amide bonds. The first kappa shape index (κ1) is 29.0. The lowest BCUT2D eigenvalue weighted by Gasteiger charge is -2.17. The molecule has 15 heteroatoms. The van der Waals surface area contributed by atoms with Crippen LogP contribution in [0.2, 0.25) is 0 Å². The standard InChI is InChI=1S/C21H37N9O5S/c1-11(19(34)26-9-16(32)28-12(18(22)33)5-4-8-25-20(23)24)27-15(31)7-3-2-6-14-17-13(10-36-14)29-21(35)30-17/h11-14,17H,2-10H2,1H3,(H2,22,33)(H,26,34)(H,27,31)(H,28,32)(H4,23,24,25)(H2,29,30,35)/t11?,12?,13-,14-,17-/m0/s1. The first-order valence-corrected chi connectivity index (χ1v) is 13.0. The number of thioether (sulfide) groups is 1. The van der Waals surface area contributed by atoms with E-state index in [2.05, 4.69) is 31.6 Å². The number of carbonyl (C=O) groups is 5. The summed E-state index contributed by atoms with van der Waals surface area (Å²) in [5, 5.41) is 13.7. The first-order chi connectivity index (χ1) is 17.1. The second-order valence-electron chi connectivity index (χ2n) is 8.85. The Balaban J connectivity index is 1.60. The van der Waals surface area contributed by atoms with Gasteiger partial charge < -0.3 is 43.8 Å². The van der Waals surface area contributed by atoms with Crippen LogP contribution in [0.25, 0.3) is 0 Å². The van der Waals surface area contributed by atoms with Crippen molar-refractivity contribution in [3.8, 4) is 0 Å². The molecule has 0 spiro atoms. The highest BCUT2D eigenvalue weighted by atomic mass is 32.2. The van der Waals surface area contributed by atoms with Crippen LogP contribution < -0.4 is 43.8 Å². The van der Waals surface area contributed by atoms with Gasteiger partial charge in [0.2, 0.25) is 23.6 Å². The van der Waals surface area contributed by atoms with Crippen LogP contribution in [-0.4, -0.2) is 83.9 Å². The molecule has 0 aromatic carbocycles. The molecule has 0 bridgehead atoms. The van der Waals surface area contributed by atoms with Crippen molar-refractivity contribution in [1.29, 1.82) is 0 Å². The molecule has 36 heavy (non-hydrogen) atoms. The van der Waals surface area contributed by atoms with E-state index in [1.807, 2.05) is 11.8 Å². The largest absolute Gasteiger partial charge is 0.370 e. The van der Waals surface area contributed by atoms with Crippen LogP contribution in [0.15, 0.2) is 4.99 Å². The smallest absolute Gasteiger partial charge is 0.315 e. The zero-order chi connectivity index (χ0) is 26.7. The summed E-state index contributed by atoms with van der Waals surface area (Å²) in [6, 6.07) is -1.56. The summed E-state index contributed by atoms with van der Waals surface area (Å²) >= 11 is 1.83. The van der Waals surface area contributed by atoms with E-state index in [1.54, 1.807) is 0 Å². The molecule has 5 atom stereocenters. The van der Waals surface area contributed by atoms with Crippen molar-refractivity contribution in [3.05, 3.63) is 0 Å². The van der Waals surface area contributed by atoms with Crippen molar-refractivity contribution >= 4 is 47.4 Å². The molecule has 11 N–H and O–H groups in total. The molecule has 2 fully saturated rings. The van der Waals surface area contributed by atoms with Gasteiger partial charge in [-0.05, 0) is 32.6 Å². The number of aliphatic imine (C=N–C) groups is 1. The van der Waals surface area contributed by atoms with E-state index < -0.39 is 29.8 Å². The molecule has 0 aliphatic carbocycles. The highest BCUT2D eigenvalue weighted by Crippen LogP contribution is 2.33. The maximum atomic E-state index is 12.2. The number of fused-ring (bicyclic) bond motifs is 1. The summed E-state index contributed by atoms with van der Waals surface area (Å²) in [4.78, 5) is 63.3. The number of urea groups is 1. The van der Waals surface area contributed by atoms with E-state index in [0.29, 0.717) is 18.1 Å². The Morgan fingerprint density at radius 2 is 1.83 bits per heavy atom. The summed E-state index contributed by atoms with van der Waals surface area (Å²) in [7, 11) is 0. The van der Waals surface area contributed by atoms with Gasteiger partial charge in [0.25, 0.3) is 0 Å². The average Bonchev–Trinajstić information content (AvgIpc) is 3.35. The lowest BCUT2D eigenvalue weighted by atomic mass is 10.0. The summed E-state index contributed by atoms with van der Waals surface area (Å²) in [5.74, 6) is -1.27. The van der Waals surface area contributed by atoms with Gasteiger partial charge >= 0.3 is 6.03 Å². The molecule has 2 heterocycles. The lowest BCUT2D eigenvalue weighted by molar-refractivity contribution is -0.131. The maximum Gasteiger partial charge on any atom is 0.315 e. The summed E-state index contributed by atoms with van der Waals surface area (Å²) in [6.07, 6.45) is 3.33. The van der Waals surface area contributed by atoms with Gasteiger partial charge in [-0.3, -0.25) is 24.2 Å². The van der Waals surface area contributed by atoms with Gasteiger partial charge in [-0.1, -0.05) is 6.42 Å². The molecule has 2 rings (SSSR count). The quantitative estimate of drug-likeness (QED) is 0.0483. The molecule has 0 saturated carbocycles. The summed E-state index contributed by atoms with van der Waals surface area (Å²) in [5.41, 5.74) is 15.8. The Morgan fingerprint density at radius 3 is 2.53 bits per heavy atom. The van der Waals surface area contributed by atoms with Crippen molar-refractivity contribution in [2.24, 2.45) is 22.2 Å². The second kappa shape index (κ2) is 14.4. The monoisotopic (exact) mass is 527 g/mol. The van der Waals surface area contributed by atoms with Crippen LogP contribution in [0.3, 0.4) is 0 Å². The zero-order valence-electron chi connectivity index (χ0n) is 20.4. The molecule has 0 radical (unpaired) electrons. The number of carbonyl (C=O) groups excluding carboxylic acids is 5. The van der Waals surface area contributed by atoms with E-state index >= 15 is 0 Å². The fraction of sp³-hybridized carbons (Fsp3) is 0.714. The third-order valence-electron chi connectivity index (χ3n) is 5.90. The van der Waals surface area contributed by atoms with Crippen LogP contribution in [0.5, 0.6) is 0 Å². The van der Waals surface area contributed by atoms with Crippen molar-refractivity contribution in [3.63, 3.8) is 0 Å². The molecule has 0 aromatic heterocycles. The Hall–Kier alpha value is -3.23. The van der Waals surface area contributed by atoms with Crippen molar-refractivity contribution < 1.29 is 24.0 Å². The second-order valence-corrected chi connectivity index (χ2v) is 10.1. The van der Waals surface area contributed by atoms with Gasteiger partial charge in [0.1, 0.15) is 12.1 Å². The lowest BCUT2D eigenvalue weighted by Crippen LogP contribution is -2.50. The minimum atomic E-state index is -0.921. The molecule has 14 nitrogen and oxygen atoms in total. The number of unbranched alkanes of at least 4 members (excludes halogenated alkanes) is 1. The number of guanidine groups is 1. The van der Waals surface area contributed by atoms with Crippen molar-refractivity contribution in [1.82, 2.24) is 26.6 Å². The molecule has 0 aromatic rings. The van der Waals surface area contributed by atoms with E-state index in [1.165, 1.54) is 6.92 Å². The number of hydrogen-bond donors (Lipinski definition) is 8. The van der Waals surface area contributed by atoms with E-state index in [4.69, 9.17) is 17.2 Å². The minimum Gasteiger partial charge on any atom is -0.370 e. The number of amides is 6. The van der Waals surface area contributed by atoms with Crippen LogP contribution >= 0.6 is 11.8 Å². The SMILES string of the molecule is CC(NC(=O)CCCC[C@@H]1SC[C@@H]2NC(=O)N[C@@H]21)C(=O)NCC(=O)NC(CCCN=C(N)N)C(N)=O. The Bertz CT molecular complexity index is 852. The number of primary amides is 1. The maximum absolute atomic E-state index is 12.2. The Kier molecular flexibility index (Phi) is 11.6. The van der Waals surface area contributed by atoms with Crippen molar-refractivity contribution in [2.75, 3.05) is 18.8 Å². The van der Waals surface area contributed by atoms with Gasteiger partial charge in [-0.2, -0.15) is 11.8 Å². The van der Waals surface area contributed by atoms with Crippen LogP contribution in [-0.2, 0) is 19.2 Å². The molecule has 2 aliphatic rings. The van der Waals surface area contributed by atoms with Gasteiger partial charge in [-0.15, -0.1) is 0 Å². The summed E-state index contributed by atoms with van der Waals surface area (Å²) in [6.45, 7) is 1.43. The number of hydrogen-bond acceptors (Lipinski definition) is 7. The van der Waals surface area contributed by atoms with Crippen molar-refractivity contribution in [2.45, 2.75) is 74.9 Å². The van der Waals surface area contributed by atoms with Crippen LogP contribution in [0.4, 0.5) is 4.79 Å². The molecular weight excluding hydrogens is 490 g/mol. The Labute approximate surface area is 214 Å². The number of nitrogens with two attached hydrogens (primary N) is 3. The predicted octanol–water partition coefficient (Wildman–Crippen LogP) is -2.64. The van der Waals surface area contributed by atoms with E-state index in [-0.39, 0.29) is 55.9 Å². The number of nitrogens with zero attached hydrogens (tertiary/aromatic N) is 1. The zero-order valence-corrected chi connectivity index (χ0v) is 21.2.